The molecule has 2 aromatic rings. The number of para-hydroxylation sites is 1. The van der Waals surface area contributed by atoms with Crippen LogP contribution in [0.2, 0.25) is 0 Å². The Morgan fingerprint density at radius 3 is 2.14 bits per heavy atom. The van der Waals surface area contributed by atoms with Crippen molar-refractivity contribution in [3.05, 3.63) is 60.2 Å². The standard InChI is InChI=1S/C22H18Br2N2O3/c23-18-14-10-15(19(18)24)17-16(14)21(28)26(22(17)29)13-8-4-5-11(9-13)20(27)25-12-6-2-1-3-7-12/h1-9,14-19H,10H2,(H,25,27)/t14-,15-,16-,17+,18+,19+/m1/s1. The van der Waals surface area contributed by atoms with Crippen molar-refractivity contribution < 1.29 is 14.4 Å². The summed E-state index contributed by atoms with van der Waals surface area (Å²) in [5, 5.41) is 2.83. The number of nitrogens with zero attached hydrogens (tertiary/aromatic N) is 1. The Labute approximate surface area is 185 Å². The topological polar surface area (TPSA) is 66.5 Å². The lowest BCUT2D eigenvalue weighted by Gasteiger charge is -2.28. The highest BCUT2D eigenvalue weighted by Crippen LogP contribution is 2.60. The van der Waals surface area contributed by atoms with E-state index in [1.165, 1.54) is 4.90 Å². The third-order valence-electron chi connectivity index (χ3n) is 6.39. The van der Waals surface area contributed by atoms with Gasteiger partial charge < -0.3 is 5.32 Å². The fraction of sp³-hybridized carbons (Fsp3) is 0.318. The summed E-state index contributed by atoms with van der Waals surface area (Å²) in [4.78, 5) is 40.7. The molecule has 3 aliphatic rings. The van der Waals surface area contributed by atoms with Crippen LogP contribution in [0.3, 0.4) is 0 Å². The Balaban J connectivity index is 1.42. The predicted molar refractivity (Wildman–Crippen MR) is 117 cm³/mol. The van der Waals surface area contributed by atoms with Crippen molar-refractivity contribution in [2.24, 2.45) is 23.7 Å². The third kappa shape index (κ3) is 2.89. The van der Waals surface area contributed by atoms with Crippen LogP contribution in [0.15, 0.2) is 54.6 Å². The highest BCUT2D eigenvalue weighted by molar-refractivity contribution is 9.12. The zero-order chi connectivity index (χ0) is 20.3. The first-order valence-electron chi connectivity index (χ1n) is 9.60. The molecule has 1 aliphatic heterocycles. The Kier molecular flexibility index (Phi) is 4.62. The molecule has 2 aromatic carbocycles. The van der Waals surface area contributed by atoms with Crippen molar-refractivity contribution in [3.63, 3.8) is 0 Å². The highest BCUT2D eigenvalue weighted by atomic mass is 79.9. The zero-order valence-corrected chi connectivity index (χ0v) is 18.5. The molecule has 148 valence electrons. The van der Waals surface area contributed by atoms with Gasteiger partial charge in [-0.05, 0) is 48.6 Å². The zero-order valence-electron chi connectivity index (χ0n) is 15.3. The fourth-order valence-corrected chi connectivity index (χ4v) is 6.99. The Bertz CT molecular complexity index is 980. The smallest absolute Gasteiger partial charge is 0.255 e. The van der Waals surface area contributed by atoms with Gasteiger partial charge in [-0.15, -0.1) is 0 Å². The van der Waals surface area contributed by atoms with Gasteiger partial charge in [0.05, 0.1) is 17.5 Å². The van der Waals surface area contributed by atoms with E-state index in [0.29, 0.717) is 16.9 Å². The van der Waals surface area contributed by atoms with Gasteiger partial charge in [0.25, 0.3) is 5.91 Å². The van der Waals surface area contributed by atoms with E-state index in [1.807, 2.05) is 18.2 Å². The third-order valence-corrected chi connectivity index (χ3v) is 9.59. The van der Waals surface area contributed by atoms with Gasteiger partial charge in [0, 0.05) is 20.9 Å². The molecule has 3 amide bonds. The fourth-order valence-electron chi connectivity index (χ4n) is 5.11. The van der Waals surface area contributed by atoms with Gasteiger partial charge in [0.1, 0.15) is 0 Å². The molecule has 1 saturated heterocycles. The van der Waals surface area contributed by atoms with Crippen LogP contribution in [-0.2, 0) is 9.59 Å². The van der Waals surface area contributed by atoms with Crippen molar-refractivity contribution in [2.75, 3.05) is 10.2 Å². The lowest BCUT2D eigenvalue weighted by atomic mass is 9.81. The van der Waals surface area contributed by atoms with Crippen LogP contribution < -0.4 is 10.2 Å². The summed E-state index contributed by atoms with van der Waals surface area (Å²) < 4.78 is 0. The van der Waals surface area contributed by atoms with Gasteiger partial charge in [0.2, 0.25) is 11.8 Å². The van der Waals surface area contributed by atoms with E-state index in [-0.39, 0.29) is 51.0 Å². The number of hydrogen-bond donors (Lipinski definition) is 1. The minimum atomic E-state index is -0.279. The van der Waals surface area contributed by atoms with E-state index < -0.39 is 0 Å². The molecule has 7 heteroatoms. The molecule has 2 saturated carbocycles. The SMILES string of the molecule is O=C(Nc1ccccc1)c1cccc(N2C(=O)[C@@H]3[C@H]4C[C@@H]([C@H](Br)[C@H]4Br)[C@@H]3C2=O)c1. The van der Waals surface area contributed by atoms with E-state index in [9.17, 15) is 14.4 Å². The molecule has 2 bridgehead atoms. The minimum Gasteiger partial charge on any atom is -0.322 e. The molecule has 5 nitrogen and oxygen atoms in total. The quantitative estimate of drug-likeness (QED) is 0.489. The molecule has 3 fully saturated rings. The van der Waals surface area contributed by atoms with Gasteiger partial charge in [0.15, 0.2) is 0 Å². The maximum absolute atomic E-state index is 13.2. The molecule has 5 rings (SSSR count). The van der Waals surface area contributed by atoms with Gasteiger partial charge in [-0.3, -0.25) is 19.3 Å². The molecular weight excluding hydrogens is 500 g/mol. The highest BCUT2D eigenvalue weighted by Gasteiger charge is 2.66. The summed E-state index contributed by atoms with van der Waals surface area (Å²) in [6.07, 6.45) is 0.895. The molecule has 0 unspecified atom stereocenters. The molecule has 1 N–H and O–H groups in total. The average molecular weight is 518 g/mol. The number of carbonyl (C=O) groups excluding carboxylic acids is 3. The van der Waals surface area contributed by atoms with Gasteiger partial charge in [-0.25, -0.2) is 0 Å². The number of halogens is 2. The maximum atomic E-state index is 13.2. The number of benzene rings is 2. The van der Waals surface area contributed by atoms with E-state index >= 15 is 0 Å². The second-order valence-electron chi connectivity index (χ2n) is 7.89. The molecule has 0 radical (unpaired) electrons. The monoisotopic (exact) mass is 516 g/mol. The van der Waals surface area contributed by atoms with Crippen LogP contribution in [0, 0.1) is 23.7 Å². The summed E-state index contributed by atoms with van der Waals surface area (Å²) in [6, 6.07) is 15.9. The van der Waals surface area contributed by atoms with Crippen molar-refractivity contribution in [1.29, 1.82) is 0 Å². The number of carbonyl (C=O) groups is 3. The average Bonchev–Trinajstić information content (AvgIpc) is 3.33. The molecule has 0 aromatic heterocycles. The van der Waals surface area contributed by atoms with Crippen molar-refractivity contribution >= 4 is 61.0 Å². The maximum Gasteiger partial charge on any atom is 0.255 e. The van der Waals surface area contributed by atoms with E-state index in [4.69, 9.17) is 0 Å². The normalized spacial score (nSPS) is 32.6. The molecule has 29 heavy (non-hydrogen) atoms. The van der Waals surface area contributed by atoms with Crippen LogP contribution in [0.25, 0.3) is 0 Å². The summed E-state index contributed by atoms with van der Waals surface area (Å²) >= 11 is 7.40. The summed E-state index contributed by atoms with van der Waals surface area (Å²) in [6.45, 7) is 0. The second kappa shape index (κ2) is 7.06. The van der Waals surface area contributed by atoms with Gasteiger partial charge in [-0.1, -0.05) is 56.1 Å². The Morgan fingerprint density at radius 1 is 0.897 bits per heavy atom. The molecule has 1 heterocycles. The van der Waals surface area contributed by atoms with Crippen LogP contribution in [0.5, 0.6) is 0 Å². The number of amides is 3. The number of fused-ring (bicyclic) bond motifs is 5. The molecule has 6 atom stereocenters. The minimum absolute atomic E-state index is 0.142. The summed E-state index contributed by atoms with van der Waals surface area (Å²) in [5.74, 6) is -0.770. The summed E-state index contributed by atoms with van der Waals surface area (Å²) in [7, 11) is 0. The lowest BCUT2D eigenvalue weighted by Crippen LogP contribution is -2.37. The predicted octanol–water partition coefficient (Wildman–Crippen LogP) is 4.22. The van der Waals surface area contributed by atoms with E-state index in [2.05, 4.69) is 37.2 Å². The number of alkyl halides is 2. The first kappa shape index (κ1) is 19.0. The van der Waals surface area contributed by atoms with Crippen LogP contribution in [0.4, 0.5) is 11.4 Å². The number of rotatable bonds is 3. The largest absolute Gasteiger partial charge is 0.322 e. The first-order chi connectivity index (χ1) is 14.0. The van der Waals surface area contributed by atoms with Crippen molar-refractivity contribution in [1.82, 2.24) is 0 Å². The number of anilines is 2. The van der Waals surface area contributed by atoms with Crippen molar-refractivity contribution in [3.8, 4) is 0 Å². The molecule has 0 spiro atoms. The lowest BCUT2D eigenvalue weighted by molar-refractivity contribution is -0.123. The first-order valence-corrected chi connectivity index (χ1v) is 11.4. The molecule has 2 aliphatic carbocycles. The summed E-state index contributed by atoms with van der Waals surface area (Å²) in [5.41, 5.74) is 1.56. The van der Waals surface area contributed by atoms with E-state index in [0.717, 1.165) is 6.42 Å². The van der Waals surface area contributed by atoms with Gasteiger partial charge >= 0.3 is 0 Å². The van der Waals surface area contributed by atoms with Crippen LogP contribution in [-0.4, -0.2) is 27.4 Å². The Morgan fingerprint density at radius 2 is 1.52 bits per heavy atom. The number of nitrogens with one attached hydrogen (secondary N) is 1. The van der Waals surface area contributed by atoms with Crippen molar-refractivity contribution in [2.45, 2.75) is 16.1 Å². The Hall–Kier alpha value is -1.99. The van der Waals surface area contributed by atoms with Crippen LogP contribution >= 0.6 is 31.9 Å². The van der Waals surface area contributed by atoms with Crippen LogP contribution in [0.1, 0.15) is 16.8 Å². The number of hydrogen-bond acceptors (Lipinski definition) is 3. The molecular formula is C22H18Br2N2O3. The van der Waals surface area contributed by atoms with E-state index in [1.54, 1.807) is 36.4 Å². The number of imide groups is 1. The van der Waals surface area contributed by atoms with Gasteiger partial charge in [-0.2, -0.15) is 0 Å². The second-order valence-corrected chi connectivity index (χ2v) is 10.0.